The smallest absolute Gasteiger partial charge is 0.262 e. The number of thioether (sulfide) groups is 1. The van der Waals surface area contributed by atoms with Gasteiger partial charge in [-0.3, -0.25) is 0 Å². The zero-order valence-electron chi connectivity index (χ0n) is 26.2. The Morgan fingerprint density at radius 1 is 0.767 bits per heavy atom. The van der Waals surface area contributed by atoms with E-state index in [2.05, 4.69) is 115 Å². The first-order valence-corrected chi connectivity index (χ1v) is 18.0. The molecule has 3 aliphatic rings. The van der Waals surface area contributed by atoms with E-state index >= 15 is 0 Å². The van der Waals surface area contributed by atoms with Crippen LogP contribution in [-0.2, 0) is 6.54 Å². The molecule has 2 saturated heterocycles. The molecule has 0 aliphatic carbocycles. The predicted molar refractivity (Wildman–Crippen MR) is 186 cm³/mol. The molecule has 0 bridgehead atoms. The van der Waals surface area contributed by atoms with Gasteiger partial charge in [0.2, 0.25) is 5.52 Å². The number of anilines is 1. The molecule has 43 heavy (non-hydrogen) atoms. The predicted octanol–water partition coefficient (Wildman–Crippen LogP) is 8.03. The zero-order valence-corrected chi connectivity index (χ0v) is 27.8. The molecule has 4 nitrogen and oxygen atoms in total. The number of rotatable bonds is 12. The third-order valence-corrected chi connectivity index (χ3v) is 11.9. The lowest BCUT2D eigenvalue weighted by molar-refractivity contribution is -0.899. The van der Waals surface area contributed by atoms with Crippen LogP contribution < -0.4 is 9.47 Å². The van der Waals surface area contributed by atoms with Crippen molar-refractivity contribution < 1.29 is 13.5 Å². The van der Waals surface area contributed by atoms with E-state index in [1.165, 1.54) is 118 Å². The van der Waals surface area contributed by atoms with Crippen LogP contribution in [0.15, 0.2) is 94.9 Å². The highest BCUT2D eigenvalue weighted by Gasteiger charge is 2.29. The van der Waals surface area contributed by atoms with Crippen molar-refractivity contribution in [2.45, 2.75) is 50.0 Å². The minimum absolute atomic E-state index is 1.09. The van der Waals surface area contributed by atoms with Gasteiger partial charge in [0, 0.05) is 55.7 Å². The molecule has 0 unspecified atom stereocenters. The molecule has 0 radical (unpaired) electrons. The molecule has 226 valence electrons. The summed E-state index contributed by atoms with van der Waals surface area (Å²) in [5.41, 5.74) is 2.73. The molecule has 6 rings (SSSR count). The molecule has 6 heteroatoms. The van der Waals surface area contributed by atoms with Gasteiger partial charge in [-0.2, -0.15) is 4.57 Å². The fraction of sp³-hybridized carbons (Fsp3) is 0.432. The van der Waals surface area contributed by atoms with E-state index in [1.54, 1.807) is 0 Å². The summed E-state index contributed by atoms with van der Waals surface area (Å²) >= 11 is 3.80. The Morgan fingerprint density at radius 3 is 2.21 bits per heavy atom. The minimum Gasteiger partial charge on any atom is -0.335 e. The highest BCUT2D eigenvalue weighted by atomic mass is 32.2. The SMILES string of the molecule is C[N+]1(CCCN2C(=CC=CC=CC=Cc3sc4ccccc4[n+]3CCC[N+]3(C)CCCC3)Sc3ccccc32)CCCC1. The van der Waals surface area contributed by atoms with Crippen LogP contribution in [0, 0.1) is 0 Å². The van der Waals surface area contributed by atoms with Crippen LogP contribution in [0.1, 0.15) is 43.5 Å². The van der Waals surface area contributed by atoms with Crippen molar-refractivity contribution in [2.75, 3.05) is 64.8 Å². The van der Waals surface area contributed by atoms with E-state index in [1.807, 2.05) is 23.1 Å². The maximum Gasteiger partial charge on any atom is 0.262 e. The van der Waals surface area contributed by atoms with Crippen molar-refractivity contribution in [1.82, 2.24) is 0 Å². The van der Waals surface area contributed by atoms with E-state index in [9.17, 15) is 0 Å². The second-order valence-electron chi connectivity index (χ2n) is 13.1. The Labute approximate surface area is 267 Å². The van der Waals surface area contributed by atoms with Gasteiger partial charge in [0.05, 0.1) is 70.5 Å². The fourth-order valence-electron chi connectivity index (χ4n) is 7.15. The lowest BCUT2D eigenvalue weighted by Gasteiger charge is -2.30. The van der Waals surface area contributed by atoms with E-state index in [0.717, 1.165) is 13.1 Å². The number of thiazole rings is 1. The number of allylic oxidation sites excluding steroid dienone is 6. The average molecular weight is 614 g/mol. The Kier molecular flexibility index (Phi) is 9.88. The zero-order chi connectivity index (χ0) is 29.5. The number of nitrogens with zero attached hydrogens (tertiary/aromatic N) is 4. The van der Waals surface area contributed by atoms with Gasteiger partial charge in [-0.25, -0.2) is 0 Å². The van der Waals surface area contributed by atoms with Crippen molar-refractivity contribution >= 4 is 45.1 Å². The Bertz CT molecular complexity index is 1500. The summed E-state index contributed by atoms with van der Waals surface area (Å²) in [5, 5.41) is 2.67. The molecule has 0 spiro atoms. The van der Waals surface area contributed by atoms with Crippen LogP contribution in [0.5, 0.6) is 0 Å². The summed E-state index contributed by atoms with van der Waals surface area (Å²) < 4.78 is 6.40. The summed E-state index contributed by atoms with van der Waals surface area (Å²) in [6.07, 6.45) is 23.5. The Morgan fingerprint density at radius 2 is 1.42 bits per heavy atom. The third kappa shape index (κ3) is 7.54. The molecular formula is C37H49N4S2+3. The first-order valence-electron chi connectivity index (χ1n) is 16.4. The van der Waals surface area contributed by atoms with E-state index in [0.29, 0.717) is 0 Å². The Hall–Kier alpha value is -2.64. The monoisotopic (exact) mass is 613 g/mol. The van der Waals surface area contributed by atoms with Gasteiger partial charge in [-0.15, -0.1) is 0 Å². The molecular weight excluding hydrogens is 565 g/mol. The lowest BCUT2D eigenvalue weighted by Crippen LogP contribution is -2.44. The summed E-state index contributed by atoms with van der Waals surface area (Å²) in [6, 6.07) is 17.7. The summed E-state index contributed by atoms with van der Waals surface area (Å²) in [4.78, 5) is 3.90. The number of hydrogen-bond acceptors (Lipinski definition) is 3. The number of aryl methyl sites for hydroxylation is 1. The number of hydrogen-bond donors (Lipinski definition) is 0. The molecule has 0 amide bonds. The van der Waals surface area contributed by atoms with Crippen LogP contribution in [-0.4, -0.2) is 68.9 Å². The second kappa shape index (κ2) is 14.0. The highest BCUT2D eigenvalue weighted by Crippen LogP contribution is 2.45. The number of benzene rings is 2. The van der Waals surface area contributed by atoms with Crippen LogP contribution in [0.4, 0.5) is 5.69 Å². The fourth-order valence-corrected chi connectivity index (χ4v) is 9.35. The maximum absolute atomic E-state index is 2.53. The first-order chi connectivity index (χ1) is 21.0. The Balaban J connectivity index is 1.07. The molecule has 2 fully saturated rings. The van der Waals surface area contributed by atoms with E-state index in [-0.39, 0.29) is 0 Å². The van der Waals surface area contributed by atoms with Crippen molar-refractivity contribution in [2.24, 2.45) is 0 Å². The van der Waals surface area contributed by atoms with Gasteiger partial charge in [-0.1, -0.05) is 77.7 Å². The van der Waals surface area contributed by atoms with Crippen molar-refractivity contribution in [3.8, 4) is 0 Å². The summed E-state index contributed by atoms with van der Waals surface area (Å²) in [7, 11) is 4.88. The molecule has 0 N–H and O–H groups in total. The van der Waals surface area contributed by atoms with Crippen LogP contribution >= 0.6 is 23.1 Å². The minimum atomic E-state index is 1.09. The van der Waals surface area contributed by atoms with Gasteiger partial charge in [0.15, 0.2) is 6.54 Å². The second-order valence-corrected chi connectivity index (χ2v) is 15.2. The summed E-state index contributed by atoms with van der Waals surface area (Å²) in [6.45, 7) is 10.1. The van der Waals surface area contributed by atoms with Crippen molar-refractivity contribution in [3.63, 3.8) is 0 Å². The summed E-state index contributed by atoms with van der Waals surface area (Å²) in [5.74, 6) is 0. The van der Waals surface area contributed by atoms with E-state index in [4.69, 9.17) is 0 Å². The molecule has 1 aromatic heterocycles. The van der Waals surface area contributed by atoms with Crippen LogP contribution in [0.3, 0.4) is 0 Å². The molecule has 0 saturated carbocycles. The van der Waals surface area contributed by atoms with Gasteiger partial charge in [-0.05, 0) is 24.3 Å². The standard InChI is InChI=1S/C37H49N4S2/c1-40(26-12-13-27-40)30-16-24-38-32-18-8-10-20-34(32)42-36(38)22-6-4-3-5-7-23-37-39(33-19-9-11-21-35(33)43-37)25-17-31-41(2)28-14-15-29-41/h3-11,18-23H,12-17,24-31H2,1-2H3/q+3. The van der Waals surface area contributed by atoms with Gasteiger partial charge in [0.1, 0.15) is 4.70 Å². The first kappa shape index (κ1) is 30.4. The van der Waals surface area contributed by atoms with Crippen molar-refractivity contribution in [3.05, 3.63) is 95.0 Å². The normalized spacial score (nSPS) is 20.6. The molecule has 2 aromatic carbocycles. The quantitative estimate of drug-likeness (QED) is 0.116. The van der Waals surface area contributed by atoms with Gasteiger partial charge in [0.25, 0.3) is 5.01 Å². The molecule has 0 atom stereocenters. The lowest BCUT2D eigenvalue weighted by atomic mass is 10.2. The van der Waals surface area contributed by atoms with Gasteiger partial charge < -0.3 is 13.9 Å². The number of likely N-dealkylation sites (tertiary alicyclic amines) is 2. The molecule has 3 aliphatic heterocycles. The largest absolute Gasteiger partial charge is 0.335 e. The topological polar surface area (TPSA) is 7.12 Å². The number of para-hydroxylation sites is 2. The van der Waals surface area contributed by atoms with Gasteiger partial charge >= 0.3 is 0 Å². The number of quaternary nitrogens is 2. The number of fused-ring (bicyclic) bond motifs is 2. The molecule has 3 aromatic rings. The number of aromatic nitrogens is 1. The third-order valence-electron chi connectivity index (χ3n) is 9.65. The van der Waals surface area contributed by atoms with Crippen LogP contribution in [0.25, 0.3) is 16.3 Å². The van der Waals surface area contributed by atoms with Crippen molar-refractivity contribution in [1.29, 1.82) is 0 Å². The highest BCUT2D eigenvalue weighted by molar-refractivity contribution is 8.03. The van der Waals surface area contributed by atoms with E-state index < -0.39 is 0 Å². The average Bonchev–Trinajstić information content (AvgIpc) is 3.80. The van der Waals surface area contributed by atoms with Crippen LogP contribution in [0.2, 0.25) is 0 Å². The maximum atomic E-state index is 2.53. The molecule has 4 heterocycles.